The lowest BCUT2D eigenvalue weighted by Crippen LogP contribution is -2.14. The molecule has 0 radical (unpaired) electrons. The third-order valence-electron chi connectivity index (χ3n) is 4.07. The van der Waals surface area contributed by atoms with Gasteiger partial charge in [-0.15, -0.1) is 0 Å². The van der Waals surface area contributed by atoms with Crippen molar-refractivity contribution in [1.82, 2.24) is 0 Å². The highest BCUT2D eigenvalue weighted by Gasteiger charge is 2.22. The van der Waals surface area contributed by atoms with Gasteiger partial charge in [0.1, 0.15) is 11.3 Å². The van der Waals surface area contributed by atoms with Crippen LogP contribution in [0.25, 0.3) is 10.8 Å². The van der Waals surface area contributed by atoms with Gasteiger partial charge in [-0.25, -0.2) is 0 Å². The Hall–Kier alpha value is -3.50. The van der Waals surface area contributed by atoms with Crippen LogP contribution in [0, 0.1) is 17.0 Å². The van der Waals surface area contributed by atoms with E-state index in [0.29, 0.717) is 5.56 Å². The second kappa shape index (κ2) is 6.91. The molecule has 0 atom stereocenters. The van der Waals surface area contributed by atoms with E-state index in [4.69, 9.17) is 0 Å². The number of fused-ring (bicyclic) bond motifs is 1. The zero-order valence-electron chi connectivity index (χ0n) is 14.4. The number of benzene rings is 3. The number of phenolic OH excluding ortho intramolecular Hbond substituents is 1. The number of amides is 1. The molecule has 3 aromatic rings. The molecule has 9 nitrogen and oxygen atoms in total. The van der Waals surface area contributed by atoms with Crippen LogP contribution in [-0.2, 0) is 10.1 Å². The molecule has 0 aromatic heterocycles. The lowest BCUT2D eigenvalue weighted by Gasteiger charge is -2.12. The quantitative estimate of drug-likeness (QED) is 0.345. The largest absolute Gasteiger partial charge is 0.507 e. The molecule has 3 rings (SSSR count). The lowest BCUT2D eigenvalue weighted by molar-refractivity contribution is -0.385. The standard InChI is InChI=1S/C18H14N2O7S/c1-10-5-6-15(20(23)24)13(7-10)18(22)19-14-4-2-3-11-8-12(28(25,26)27)9-16(21)17(11)14/h2-9,21H,1H3,(H,19,22)(H,25,26,27). The van der Waals surface area contributed by atoms with Crippen molar-refractivity contribution in [3.63, 3.8) is 0 Å². The lowest BCUT2D eigenvalue weighted by atomic mass is 10.1. The van der Waals surface area contributed by atoms with Crippen molar-refractivity contribution in [2.45, 2.75) is 11.8 Å². The van der Waals surface area contributed by atoms with Gasteiger partial charge < -0.3 is 10.4 Å². The number of aromatic hydroxyl groups is 1. The molecule has 0 saturated carbocycles. The van der Waals surface area contributed by atoms with Crippen LogP contribution >= 0.6 is 0 Å². The van der Waals surface area contributed by atoms with Crippen molar-refractivity contribution >= 4 is 38.2 Å². The number of anilines is 1. The van der Waals surface area contributed by atoms with Gasteiger partial charge in [-0.05, 0) is 36.1 Å². The summed E-state index contributed by atoms with van der Waals surface area (Å²) in [6.45, 7) is 1.68. The summed E-state index contributed by atoms with van der Waals surface area (Å²) in [4.78, 5) is 22.7. The SMILES string of the molecule is Cc1ccc([N+](=O)[O-])c(C(=O)Nc2cccc3cc(S(=O)(=O)O)cc(O)c23)c1. The molecule has 0 fully saturated rings. The van der Waals surface area contributed by atoms with Gasteiger partial charge in [0.25, 0.3) is 21.7 Å². The van der Waals surface area contributed by atoms with Gasteiger partial charge in [0.05, 0.1) is 15.5 Å². The van der Waals surface area contributed by atoms with Crippen molar-refractivity contribution in [2.75, 3.05) is 5.32 Å². The Labute approximate surface area is 159 Å². The molecule has 1 amide bonds. The molecule has 10 heteroatoms. The predicted octanol–water partition coefficient (Wildman–Crippen LogP) is 3.26. The molecule has 0 aliphatic carbocycles. The zero-order valence-corrected chi connectivity index (χ0v) is 15.2. The Morgan fingerprint density at radius 2 is 1.86 bits per heavy atom. The summed E-state index contributed by atoms with van der Waals surface area (Å²) < 4.78 is 31.8. The Kier molecular flexibility index (Phi) is 4.75. The van der Waals surface area contributed by atoms with Crippen molar-refractivity contribution in [3.8, 4) is 5.75 Å². The van der Waals surface area contributed by atoms with Crippen molar-refractivity contribution < 1.29 is 27.8 Å². The smallest absolute Gasteiger partial charge is 0.294 e. The fourth-order valence-corrected chi connectivity index (χ4v) is 3.35. The summed E-state index contributed by atoms with van der Waals surface area (Å²) in [6.07, 6.45) is 0. The third kappa shape index (κ3) is 3.63. The van der Waals surface area contributed by atoms with Gasteiger partial charge >= 0.3 is 0 Å². The molecule has 0 aliphatic rings. The molecule has 0 spiro atoms. The molecule has 0 aliphatic heterocycles. The number of nitro benzene ring substituents is 1. The van der Waals surface area contributed by atoms with Crippen LogP contribution in [-0.4, -0.2) is 28.9 Å². The van der Waals surface area contributed by atoms with Gasteiger partial charge in [-0.3, -0.25) is 19.5 Å². The van der Waals surface area contributed by atoms with Gasteiger partial charge in [0.2, 0.25) is 0 Å². The fourth-order valence-electron chi connectivity index (χ4n) is 2.81. The first-order valence-corrected chi connectivity index (χ1v) is 9.31. The first kappa shape index (κ1) is 19.3. The molecule has 0 bridgehead atoms. The first-order chi connectivity index (χ1) is 13.1. The van der Waals surface area contributed by atoms with E-state index in [1.807, 2.05) is 0 Å². The van der Waals surface area contributed by atoms with Crippen molar-refractivity contribution in [1.29, 1.82) is 0 Å². The molecule has 0 saturated heterocycles. The molecule has 3 aromatic carbocycles. The van der Waals surface area contributed by atoms with Gasteiger partial charge in [0, 0.05) is 17.5 Å². The number of hydrogen-bond donors (Lipinski definition) is 3. The second-order valence-electron chi connectivity index (χ2n) is 6.05. The van der Waals surface area contributed by atoms with E-state index in [-0.39, 0.29) is 27.7 Å². The molecule has 0 unspecified atom stereocenters. The van der Waals surface area contributed by atoms with Crippen LogP contribution in [0.15, 0.2) is 53.4 Å². The Balaban J connectivity index is 2.10. The average Bonchev–Trinajstić information content (AvgIpc) is 2.60. The van der Waals surface area contributed by atoms with Crippen LogP contribution in [0.1, 0.15) is 15.9 Å². The minimum absolute atomic E-state index is 0.123. The minimum Gasteiger partial charge on any atom is -0.507 e. The Morgan fingerprint density at radius 1 is 1.14 bits per heavy atom. The van der Waals surface area contributed by atoms with E-state index in [1.54, 1.807) is 6.92 Å². The normalized spacial score (nSPS) is 11.4. The second-order valence-corrected chi connectivity index (χ2v) is 7.47. The van der Waals surface area contributed by atoms with E-state index in [1.165, 1.54) is 36.4 Å². The zero-order chi connectivity index (χ0) is 20.6. The number of carbonyl (C=O) groups excluding carboxylic acids is 1. The molecular formula is C18H14N2O7S. The topological polar surface area (TPSA) is 147 Å². The van der Waals surface area contributed by atoms with E-state index >= 15 is 0 Å². The van der Waals surface area contributed by atoms with E-state index in [0.717, 1.165) is 12.1 Å². The monoisotopic (exact) mass is 402 g/mol. The Bertz CT molecular complexity index is 1240. The number of carbonyl (C=O) groups is 1. The summed E-state index contributed by atoms with van der Waals surface area (Å²) in [5.74, 6) is -1.25. The fraction of sp³-hybridized carbons (Fsp3) is 0.0556. The number of nitrogens with zero attached hydrogens (tertiary/aromatic N) is 1. The third-order valence-corrected chi connectivity index (χ3v) is 4.90. The highest BCUT2D eigenvalue weighted by molar-refractivity contribution is 7.85. The maximum absolute atomic E-state index is 12.6. The Morgan fingerprint density at radius 3 is 2.50 bits per heavy atom. The molecule has 3 N–H and O–H groups in total. The highest BCUT2D eigenvalue weighted by atomic mass is 32.2. The highest BCUT2D eigenvalue weighted by Crippen LogP contribution is 2.35. The molecule has 0 heterocycles. The maximum atomic E-state index is 12.6. The van der Waals surface area contributed by atoms with E-state index in [2.05, 4.69) is 5.32 Å². The number of aryl methyl sites for hydroxylation is 1. The summed E-state index contributed by atoms with van der Waals surface area (Å²) >= 11 is 0. The summed E-state index contributed by atoms with van der Waals surface area (Å²) in [7, 11) is -4.54. The van der Waals surface area contributed by atoms with E-state index < -0.39 is 31.6 Å². The van der Waals surface area contributed by atoms with Gasteiger partial charge in [-0.2, -0.15) is 8.42 Å². The minimum atomic E-state index is -4.54. The van der Waals surface area contributed by atoms with Crippen LogP contribution in [0.4, 0.5) is 11.4 Å². The summed E-state index contributed by atoms with van der Waals surface area (Å²) in [5, 5.41) is 24.3. The first-order valence-electron chi connectivity index (χ1n) is 7.87. The average molecular weight is 402 g/mol. The van der Waals surface area contributed by atoms with Crippen LogP contribution in [0.3, 0.4) is 0 Å². The predicted molar refractivity (Wildman–Crippen MR) is 101 cm³/mol. The number of phenols is 1. The number of nitrogens with one attached hydrogen (secondary N) is 1. The molecule has 144 valence electrons. The van der Waals surface area contributed by atoms with Gasteiger partial charge in [0.15, 0.2) is 0 Å². The summed E-state index contributed by atoms with van der Waals surface area (Å²) in [6, 6.07) is 10.5. The van der Waals surface area contributed by atoms with Crippen LogP contribution in [0.5, 0.6) is 5.75 Å². The molecule has 28 heavy (non-hydrogen) atoms. The number of rotatable bonds is 4. The maximum Gasteiger partial charge on any atom is 0.294 e. The van der Waals surface area contributed by atoms with Crippen molar-refractivity contribution in [2.24, 2.45) is 0 Å². The number of nitro groups is 1. The van der Waals surface area contributed by atoms with Crippen molar-refractivity contribution in [3.05, 3.63) is 69.8 Å². The summed E-state index contributed by atoms with van der Waals surface area (Å²) in [5.41, 5.74) is 0.240. The van der Waals surface area contributed by atoms with Gasteiger partial charge in [-0.1, -0.05) is 18.2 Å². The van der Waals surface area contributed by atoms with E-state index in [9.17, 15) is 33.0 Å². The van der Waals surface area contributed by atoms with Crippen LogP contribution in [0.2, 0.25) is 0 Å². The number of hydrogen-bond acceptors (Lipinski definition) is 6. The molecular weight excluding hydrogens is 388 g/mol. The van der Waals surface area contributed by atoms with Crippen LogP contribution < -0.4 is 5.32 Å².